The predicted octanol–water partition coefficient (Wildman–Crippen LogP) is 1.06. The third kappa shape index (κ3) is 4.48. The zero-order valence-corrected chi connectivity index (χ0v) is 15.1. The molecule has 0 unspecified atom stereocenters. The number of pyridine rings is 1. The van der Waals surface area contributed by atoms with Gasteiger partial charge in [-0.25, -0.2) is 4.98 Å². The van der Waals surface area contributed by atoms with Gasteiger partial charge in [0.25, 0.3) is 5.91 Å². The van der Waals surface area contributed by atoms with Crippen LogP contribution in [-0.4, -0.2) is 67.8 Å². The number of amides is 1. The van der Waals surface area contributed by atoms with Crippen molar-refractivity contribution in [2.24, 2.45) is 5.73 Å². The summed E-state index contributed by atoms with van der Waals surface area (Å²) < 4.78 is 5.62. The lowest BCUT2D eigenvalue weighted by Crippen LogP contribution is -2.42. The molecule has 2 aliphatic heterocycles. The molecule has 1 aromatic heterocycles. The van der Waals surface area contributed by atoms with Crippen LogP contribution in [0, 0.1) is 0 Å². The van der Waals surface area contributed by atoms with Crippen molar-refractivity contribution in [1.29, 1.82) is 0 Å². The van der Waals surface area contributed by atoms with Crippen LogP contribution in [0.2, 0.25) is 0 Å². The van der Waals surface area contributed by atoms with E-state index in [2.05, 4.69) is 34.2 Å². The van der Waals surface area contributed by atoms with Gasteiger partial charge >= 0.3 is 0 Å². The number of hydrogen-bond acceptors (Lipinski definition) is 6. The molecule has 2 saturated heterocycles. The summed E-state index contributed by atoms with van der Waals surface area (Å²) in [6.45, 7) is 2.53. The Morgan fingerprint density at radius 1 is 1.32 bits per heavy atom. The number of hydrogen-bond donors (Lipinski definition) is 2. The van der Waals surface area contributed by atoms with E-state index >= 15 is 0 Å². The van der Waals surface area contributed by atoms with Crippen molar-refractivity contribution < 1.29 is 9.53 Å². The van der Waals surface area contributed by atoms with E-state index in [1.54, 1.807) is 0 Å². The zero-order valence-electron chi connectivity index (χ0n) is 15.1. The van der Waals surface area contributed by atoms with Gasteiger partial charge in [0.1, 0.15) is 11.9 Å². The van der Waals surface area contributed by atoms with Crippen molar-refractivity contribution in [2.75, 3.05) is 43.9 Å². The Labute approximate surface area is 149 Å². The molecule has 3 N–H and O–H groups in total. The minimum Gasteiger partial charge on any atom is -0.370 e. The van der Waals surface area contributed by atoms with Gasteiger partial charge in [0, 0.05) is 25.7 Å². The lowest BCUT2D eigenvalue weighted by Gasteiger charge is -2.36. The second-order valence-electron chi connectivity index (χ2n) is 7.13. The summed E-state index contributed by atoms with van der Waals surface area (Å²) in [6.07, 6.45) is 5.29. The van der Waals surface area contributed by atoms with E-state index in [-0.39, 0.29) is 12.0 Å². The second kappa shape index (κ2) is 8.12. The molecule has 0 aromatic carbocycles. The average molecular weight is 347 g/mol. The fourth-order valence-electron chi connectivity index (χ4n) is 3.57. The molecule has 7 heteroatoms. The van der Waals surface area contributed by atoms with Crippen LogP contribution < -0.4 is 16.0 Å². The summed E-state index contributed by atoms with van der Waals surface area (Å²) >= 11 is 0. The van der Waals surface area contributed by atoms with E-state index in [0.29, 0.717) is 24.8 Å². The molecule has 0 radical (unpaired) electrons. The van der Waals surface area contributed by atoms with E-state index in [1.807, 2.05) is 18.3 Å². The van der Waals surface area contributed by atoms with Gasteiger partial charge in [0.2, 0.25) is 0 Å². The molecule has 2 atom stereocenters. The van der Waals surface area contributed by atoms with Crippen molar-refractivity contribution in [2.45, 2.75) is 43.9 Å². The molecule has 138 valence electrons. The lowest BCUT2D eigenvalue weighted by atomic mass is 10.0. The van der Waals surface area contributed by atoms with Crippen LogP contribution in [0.25, 0.3) is 0 Å². The van der Waals surface area contributed by atoms with Crippen LogP contribution in [0.15, 0.2) is 18.3 Å². The maximum atomic E-state index is 12.2. The minimum absolute atomic E-state index is 0.00354. The monoisotopic (exact) mass is 347 g/mol. The molecule has 0 saturated carbocycles. The number of rotatable bonds is 5. The van der Waals surface area contributed by atoms with Crippen LogP contribution in [-0.2, 0) is 9.53 Å². The first kappa shape index (κ1) is 18.1. The highest BCUT2D eigenvalue weighted by molar-refractivity contribution is 5.93. The number of nitrogens with two attached hydrogens (primary N) is 1. The number of piperidine rings is 1. The number of ether oxygens (including phenoxy) is 1. The molecule has 3 heterocycles. The highest BCUT2D eigenvalue weighted by Crippen LogP contribution is 2.23. The molecule has 1 aromatic rings. The predicted molar refractivity (Wildman–Crippen MR) is 98.7 cm³/mol. The van der Waals surface area contributed by atoms with E-state index in [4.69, 9.17) is 10.5 Å². The number of nitrogens with zero attached hydrogens (tertiary/aromatic N) is 3. The Kier molecular flexibility index (Phi) is 5.88. The van der Waals surface area contributed by atoms with Gasteiger partial charge in [-0.05, 0) is 51.9 Å². The molecule has 0 bridgehead atoms. The normalized spacial score (nSPS) is 24.7. The number of anilines is 2. The summed E-state index contributed by atoms with van der Waals surface area (Å²) in [5, 5.41) is 2.84. The van der Waals surface area contributed by atoms with Crippen molar-refractivity contribution in [3.05, 3.63) is 18.3 Å². The Balaban J connectivity index is 1.52. The maximum absolute atomic E-state index is 12.2. The third-order valence-corrected chi connectivity index (χ3v) is 5.22. The van der Waals surface area contributed by atoms with Gasteiger partial charge in [-0.2, -0.15) is 0 Å². The molecule has 1 amide bonds. The maximum Gasteiger partial charge on any atom is 0.254 e. The Bertz CT molecular complexity index is 569. The minimum atomic E-state index is -0.417. The van der Waals surface area contributed by atoms with E-state index in [9.17, 15) is 4.79 Å². The van der Waals surface area contributed by atoms with E-state index in [1.165, 1.54) is 0 Å². The quantitative estimate of drug-likeness (QED) is 0.829. The first-order valence-electron chi connectivity index (χ1n) is 9.10. The molecule has 2 fully saturated rings. The first-order valence-corrected chi connectivity index (χ1v) is 9.10. The van der Waals surface area contributed by atoms with Gasteiger partial charge in [0.05, 0.1) is 18.0 Å². The number of nitrogens with one attached hydrogen (secondary N) is 1. The number of aromatic nitrogens is 1. The molecule has 25 heavy (non-hydrogen) atoms. The summed E-state index contributed by atoms with van der Waals surface area (Å²) in [5.74, 6) is 0.430. The Morgan fingerprint density at radius 2 is 2.08 bits per heavy atom. The smallest absolute Gasteiger partial charge is 0.254 e. The van der Waals surface area contributed by atoms with Gasteiger partial charge in [0.15, 0.2) is 0 Å². The highest BCUT2D eigenvalue weighted by atomic mass is 16.5. The fourth-order valence-corrected chi connectivity index (χ4v) is 3.57. The Morgan fingerprint density at radius 3 is 2.64 bits per heavy atom. The second-order valence-corrected chi connectivity index (χ2v) is 7.13. The van der Waals surface area contributed by atoms with Crippen LogP contribution in [0.4, 0.5) is 11.5 Å². The number of carbonyl (C=O) groups excluding carboxylic acids is 1. The zero-order chi connectivity index (χ0) is 17.8. The molecular weight excluding hydrogens is 318 g/mol. The molecule has 3 rings (SSSR count). The van der Waals surface area contributed by atoms with Crippen LogP contribution in [0.1, 0.15) is 25.7 Å². The molecule has 2 aliphatic rings. The first-order chi connectivity index (χ1) is 12.1. The summed E-state index contributed by atoms with van der Waals surface area (Å²) in [6, 6.07) is 4.55. The molecule has 7 nitrogen and oxygen atoms in total. The highest BCUT2D eigenvalue weighted by Gasteiger charge is 2.30. The summed E-state index contributed by atoms with van der Waals surface area (Å²) in [7, 11) is 4.28. The van der Waals surface area contributed by atoms with Gasteiger partial charge in [-0.3, -0.25) is 4.79 Å². The fraction of sp³-hybridized carbons (Fsp3) is 0.667. The standard InChI is InChI=1S/C18H29N5O2/c1-22(2)13-7-9-23(10-8-13)14-3-6-17(20-12-14)21-18(24)16-5-4-15(11-19)25-16/h3,6,12-13,15-16H,4-5,7-11,19H2,1-2H3,(H,20,21,24)/t15-,16+/m1/s1. The van der Waals surface area contributed by atoms with Crippen molar-refractivity contribution >= 4 is 17.4 Å². The van der Waals surface area contributed by atoms with Crippen molar-refractivity contribution in [3.63, 3.8) is 0 Å². The van der Waals surface area contributed by atoms with Crippen LogP contribution >= 0.6 is 0 Å². The third-order valence-electron chi connectivity index (χ3n) is 5.22. The van der Waals surface area contributed by atoms with Gasteiger partial charge < -0.3 is 25.6 Å². The Hall–Kier alpha value is -1.70. The van der Waals surface area contributed by atoms with Gasteiger partial charge in [-0.15, -0.1) is 0 Å². The summed E-state index contributed by atoms with van der Waals surface area (Å²) in [4.78, 5) is 21.3. The number of carbonyl (C=O) groups is 1. The van der Waals surface area contributed by atoms with Crippen LogP contribution in [0.5, 0.6) is 0 Å². The van der Waals surface area contributed by atoms with E-state index < -0.39 is 6.10 Å². The molecule has 0 spiro atoms. The van der Waals surface area contributed by atoms with E-state index in [0.717, 1.165) is 38.0 Å². The molecule has 0 aliphatic carbocycles. The largest absolute Gasteiger partial charge is 0.370 e. The van der Waals surface area contributed by atoms with Crippen LogP contribution in [0.3, 0.4) is 0 Å². The lowest BCUT2D eigenvalue weighted by molar-refractivity contribution is -0.126. The van der Waals surface area contributed by atoms with Gasteiger partial charge in [-0.1, -0.05) is 0 Å². The van der Waals surface area contributed by atoms with Crippen molar-refractivity contribution in [3.8, 4) is 0 Å². The SMILES string of the molecule is CN(C)C1CCN(c2ccc(NC(=O)[C@@H]3CC[C@H](CN)O3)nc2)CC1. The summed E-state index contributed by atoms with van der Waals surface area (Å²) in [5.41, 5.74) is 6.69. The topological polar surface area (TPSA) is 83.7 Å². The van der Waals surface area contributed by atoms with Crippen molar-refractivity contribution in [1.82, 2.24) is 9.88 Å². The molecular formula is C18H29N5O2. The average Bonchev–Trinajstić information content (AvgIpc) is 3.12.